The van der Waals surface area contributed by atoms with Gasteiger partial charge in [0.15, 0.2) is 5.78 Å². The fourth-order valence-electron chi connectivity index (χ4n) is 2.15. The summed E-state index contributed by atoms with van der Waals surface area (Å²) in [6, 6.07) is 8.03. The summed E-state index contributed by atoms with van der Waals surface area (Å²) in [6.07, 6.45) is 0.726. The number of Topliss-reactive ketones (excluding diaryl/α,β-unsaturated/α-hetero) is 1. The van der Waals surface area contributed by atoms with E-state index in [9.17, 15) is 4.79 Å². The van der Waals surface area contributed by atoms with Gasteiger partial charge in [0.25, 0.3) is 0 Å². The van der Waals surface area contributed by atoms with Crippen LogP contribution in [0.2, 0.25) is 0 Å². The minimum Gasteiger partial charge on any atom is -0.364 e. The third kappa shape index (κ3) is 4.06. The van der Waals surface area contributed by atoms with Gasteiger partial charge in [-0.25, -0.2) is 4.31 Å². The van der Waals surface area contributed by atoms with Crippen LogP contribution in [0.4, 0.5) is 0 Å². The number of aryl methyl sites for hydroxylation is 1. The summed E-state index contributed by atoms with van der Waals surface area (Å²) in [5, 5.41) is 0. The fourth-order valence-corrected chi connectivity index (χ4v) is 3.01. The van der Waals surface area contributed by atoms with Crippen LogP contribution in [0, 0.1) is 6.92 Å². The Morgan fingerprint density at radius 2 is 2.32 bits per heavy atom. The smallest absolute Gasteiger partial charge is 0.180 e. The molecule has 1 saturated heterocycles. The Morgan fingerprint density at radius 3 is 3.05 bits per heavy atom. The number of nitrogens with zero attached hydrogens (tertiary/aromatic N) is 1. The van der Waals surface area contributed by atoms with Crippen molar-refractivity contribution >= 4 is 17.7 Å². The van der Waals surface area contributed by atoms with Crippen molar-refractivity contribution in [1.82, 2.24) is 4.31 Å². The Bertz CT molecular complexity index is 436. The van der Waals surface area contributed by atoms with Crippen molar-refractivity contribution in [3.63, 3.8) is 0 Å². The highest BCUT2D eigenvalue weighted by atomic mass is 32.2. The van der Waals surface area contributed by atoms with Gasteiger partial charge in [0, 0.05) is 12.3 Å². The van der Waals surface area contributed by atoms with Gasteiger partial charge in [-0.3, -0.25) is 4.79 Å². The number of carbonyl (C=O) groups is 1. The lowest BCUT2D eigenvalue weighted by molar-refractivity contribution is -0.128. The predicted molar refractivity (Wildman–Crippen MR) is 79.2 cm³/mol. The molecule has 0 aliphatic carbocycles. The molecular formula is C15H21NO2S. The normalized spacial score (nSPS) is 21.4. The molecule has 3 nitrogen and oxygen atoms in total. The third-order valence-electron chi connectivity index (χ3n) is 3.07. The molecule has 1 heterocycles. The molecule has 2 rings (SSSR count). The molecule has 1 unspecified atom stereocenters. The van der Waals surface area contributed by atoms with Crippen molar-refractivity contribution in [3.05, 3.63) is 35.4 Å². The first kappa shape index (κ1) is 14.6. The molecule has 1 fully saturated rings. The lowest BCUT2D eigenvalue weighted by atomic mass is 10.0. The highest BCUT2D eigenvalue weighted by Gasteiger charge is 2.27. The molecule has 0 radical (unpaired) electrons. The summed E-state index contributed by atoms with van der Waals surface area (Å²) < 4.78 is 7.89. The first-order valence-corrected chi connectivity index (χ1v) is 7.73. The third-order valence-corrected chi connectivity index (χ3v) is 4.34. The SMILES string of the molecule is CCCSN1CCOC(c2cccc(C)c2)C(=O)C1. The van der Waals surface area contributed by atoms with Gasteiger partial charge < -0.3 is 4.74 Å². The molecule has 0 amide bonds. The molecule has 0 aromatic heterocycles. The van der Waals surface area contributed by atoms with Gasteiger partial charge in [-0.15, -0.1) is 0 Å². The summed E-state index contributed by atoms with van der Waals surface area (Å²) in [4.78, 5) is 12.3. The zero-order chi connectivity index (χ0) is 13.7. The monoisotopic (exact) mass is 279 g/mol. The van der Waals surface area contributed by atoms with Gasteiger partial charge in [-0.05, 0) is 18.9 Å². The molecule has 0 saturated carbocycles. The van der Waals surface area contributed by atoms with Crippen molar-refractivity contribution in [2.45, 2.75) is 26.4 Å². The summed E-state index contributed by atoms with van der Waals surface area (Å²) in [7, 11) is 0. The Balaban J connectivity index is 2.05. The molecule has 1 aromatic rings. The Morgan fingerprint density at radius 1 is 1.47 bits per heavy atom. The molecule has 0 bridgehead atoms. The first-order valence-electron chi connectivity index (χ1n) is 6.79. The van der Waals surface area contributed by atoms with Gasteiger partial charge in [0.05, 0.1) is 13.2 Å². The average molecular weight is 279 g/mol. The van der Waals surface area contributed by atoms with Crippen molar-refractivity contribution in [1.29, 1.82) is 0 Å². The van der Waals surface area contributed by atoms with E-state index in [0.717, 1.165) is 29.8 Å². The maximum absolute atomic E-state index is 12.3. The van der Waals surface area contributed by atoms with E-state index < -0.39 is 6.10 Å². The van der Waals surface area contributed by atoms with Gasteiger partial charge in [0.1, 0.15) is 6.10 Å². The second-order valence-corrected chi connectivity index (χ2v) is 6.01. The lowest BCUT2D eigenvalue weighted by Crippen LogP contribution is -2.25. The van der Waals surface area contributed by atoms with Gasteiger partial charge in [-0.1, -0.05) is 48.7 Å². The van der Waals surface area contributed by atoms with Crippen molar-refractivity contribution in [3.8, 4) is 0 Å². The highest BCUT2D eigenvalue weighted by Crippen LogP contribution is 2.24. The summed E-state index contributed by atoms with van der Waals surface area (Å²) in [5.74, 6) is 1.22. The fraction of sp³-hybridized carbons (Fsp3) is 0.533. The van der Waals surface area contributed by atoms with Crippen LogP contribution in [0.15, 0.2) is 24.3 Å². The van der Waals surface area contributed by atoms with E-state index >= 15 is 0 Å². The number of ketones is 1. The van der Waals surface area contributed by atoms with E-state index in [1.54, 1.807) is 11.9 Å². The molecule has 1 aliphatic rings. The molecular weight excluding hydrogens is 258 g/mol. The average Bonchev–Trinajstić information content (AvgIpc) is 2.58. The van der Waals surface area contributed by atoms with Gasteiger partial charge in [0.2, 0.25) is 0 Å². The van der Waals surface area contributed by atoms with Crippen LogP contribution in [0.5, 0.6) is 0 Å². The molecule has 1 aromatic carbocycles. The quantitative estimate of drug-likeness (QED) is 0.793. The van der Waals surface area contributed by atoms with E-state index in [1.807, 2.05) is 31.2 Å². The second-order valence-electron chi connectivity index (χ2n) is 4.83. The molecule has 19 heavy (non-hydrogen) atoms. The second kappa shape index (κ2) is 7.08. The van der Waals surface area contributed by atoms with Crippen LogP contribution >= 0.6 is 11.9 Å². The highest BCUT2D eigenvalue weighted by molar-refractivity contribution is 7.97. The molecule has 0 spiro atoms. The van der Waals surface area contributed by atoms with Crippen LogP contribution in [0.3, 0.4) is 0 Å². The van der Waals surface area contributed by atoms with Crippen LogP contribution in [0.1, 0.15) is 30.6 Å². The topological polar surface area (TPSA) is 29.5 Å². The van der Waals surface area contributed by atoms with Crippen LogP contribution < -0.4 is 0 Å². The molecule has 0 N–H and O–H groups in total. The van der Waals surface area contributed by atoms with Crippen LogP contribution in [-0.2, 0) is 9.53 Å². The molecule has 1 atom stereocenters. The molecule has 1 aliphatic heterocycles. The number of hydrogen-bond acceptors (Lipinski definition) is 4. The summed E-state index contributed by atoms with van der Waals surface area (Å²) >= 11 is 1.75. The number of ether oxygens (including phenoxy) is 1. The maximum Gasteiger partial charge on any atom is 0.180 e. The van der Waals surface area contributed by atoms with Crippen molar-refractivity contribution in [2.75, 3.05) is 25.4 Å². The largest absolute Gasteiger partial charge is 0.364 e. The number of benzene rings is 1. The zero-order valence-corrected chi connectivity index (χ0v) is 12.4. The Labute approximate surface area is 119 Å². The lowest BCUT2D eigenvalue weighted by Gasteiger charge is -2.16. The van der Waals surface area contributed by atoms with E-state index in [2.05, 4.69) is 11.2 Å². The van der Waals surface area contributed by atoms with E-state index in [1.165, 1.54) is 0 Å². The minimum absolute atomic E-state index is 0.159. The Hall–Kier alpha value is -0.840. The van der Waals surface area contributed by atoms with Crippen LogP contribution in [0.25, 0.3) is 0 Å². The van der Waals surface area contributed by atoms with Crippen molar-refractivity contribution in [2.24, 2.45) is 0 Å². The number of carbonyl (C=O) groups excluding carboxylic acids is 1. The summed E-state index contributed by atoms with van der Waals surface area (Å²) in [5.41, 5.74) is 2.14. The molecule has 104 valence electrons. The van der Waals surface area contributed by atoms with Gasteiger partial charge in [-0.2, -0.15) is 0 Å². The predicted octanol–water partition coefficient (Wildman–Crippen LogP) is 3.00. The first-order chi connectivity index (χ1) is 9.20. The molecule has 4 heteroatoms. The van der Waals surface area contributed by atoms with Crippen LogP contribution in [-0.4, -0.2) is 35.5 Å². The zero-order valence-electron chi connectivity index (χ0n) is 11.6. The maximum atomic E-state index is 12.3. The minimum atomic E-state index is -0.396. The van der Waals surface area contributed by atoms with E-state index in [0.29, 0.717) is 13.2 Å². The number of rotatable bonds is 4. The Kier molecular flexibility index (Phi) is 5.43. The van der Waals surface area contributed by atoms with Gasteiger partial charge >= 0.3 is 0 Å². The van der Waals surface area contributed by atoms with E-state index in [-0.39, 0.29) is 5.78 Å². The van der Waals surface area contributed by atoms with Crippen molar-refractivity contribution < 1.29 is 9.53 Å². The summed E-state index contributed by atoms with van der Waals surface area (Å²) in [6.45, 7) is 6.09. The standard InChI is InChI=1S/C15H21NO2S/c1-3-9-19-16-7-8-18-15(14(17)11-16)13-6-4-5-12(2)10-13/h4-6,10,15H,3,7-9,11H2,1-2H3. The van der Waals surface area contributed by atoms with E-state index in [4.69, 9.17) is 4.74 Å². The number of hydrogen-bond donors (Lipinski definition) is 0.